The van der Waals surface area contributed by atoms with E-state index in [1.165, 1.54) is 30.4 Å². The van der Waals surface area contributed by atoms with Crippen LogP contribution < -0.4 is 0 Å². The summed E-state index contributed by atoms with van der Waals surface area (Å²) in [5.41, 5.74) is 8.00. The molecule has 0 aliphatic heterocycles. The number of aryl methyl sites for hydroxylation is 2. The van der Waals surface area contributed by atoms with Crippen LogP contribution in [-0.2, 0) is 19.3 Å². The Labute approximate surface area is 161 Å². The largest absolute Gasteiger partial charge is 0.285 e. The van der Waals surface area contributed by atoms with Crippen molar-refractivity contribution in [3.8, 4) is 28.6 Å². The third-order valence-electron chi connectivity index (χ3n) is 5.28. The lowest BCUT2D eigenvalue weighted by Crippen LogP contribution is -2.03. The first-order valence-corrected chi connectivity index (χ1v) is 10.1. The molecule has 0 fully saturated rings. The molecule has 1 aromatic carbocycles. The van der Waals surface area contributed by atoms with Crippen molar-refractivity contribution in [1.29, 1.82) is 5.26 Å². The molecule has 0 atom stereocenters. The van der Waals surface area contributed by atoms with Crippen molar-refractivity contribution in [1.82, 2.24) is 14.4 Å². The van der Waals surface area contributed by atoms with Gasteiger partial charge in [0.25, 0.3) is 0 Å². The van der Waals surface area contributed by atoms with Crippen LogP contribution in [0.1, 0.15) is 29.7 Å². The number of hydrogen-bond donors (Lipinski definition) is 0. The molecule has 5 rings (SSSR count). The molecule has 0 spiro atoms. The highest BCUT2D eigenvalue weighted by molar-refractivity contribution is 7.15. The van der Waals surface area contributed by atoms with Crippen LogP contribution in [0.4, 0.5) is 0 Å². The van der Waals surface area contributed by atoms with Crippen molar-refractivity contribution in [2.24, 2.45) is 0 Å². The molecule has 0 amide bonds. The quantitative estimate of drug-likeness (QED) is 0.506. The number of aromatic nitrogens is 3. The minimum Gasteiger partial charge on any atom is -0.285 e. The van der Waals surface area contributed by atoms with Gasteiger partial charge in [-0.15, -0.1) is 11.3 Å². The van der Waals surface area contributed by atoms with E-state index in [-0.39, 0.29) is 0 Å². The van der Waals surface area contributed by atoms with E-state index in [0.29, 0.717) is 6.42 Å². The molecule has 0 N–H and O–H groups in total. The van der Waals surface area contributed by atoms with Gasteiger partial charge in [0.1, 0.15) is 0 Å². The summed E-state index contributed by atoms with van der Waals surface area (Å²) in [6, 6.07) is 13.0. The zero-order valence-corrected chi connectivity index (χ0v) is 15.7. The smallest absolute Gasteiger partial charge is 0.194 e. The highest BCUT2D eigenvalue weighted by Gasteiger charge is 2.20. The first kappa shape index (κ1) is 16.2. The fourth-order valence-corrected chi connectivity index (χ4v) is 4.90. The van der Waals surface area contributed by atoms with Gasteiger partial charge in [-0.05, 0) is 55.0 Å². The standard InChI is InChI=1S/C22H18N4S/c23-10-9-19-21(17-8-7-15-4-1-2-5-16(15)12-17)25-22-26(19)20(14-27-22)18-6-3-11-24-13-18/h3,6-8,11-14H,1-2,4-5,9H2. The second kappa shape index (κ2) is 6.64. The molecule has 132 valence electrons. The van der Waals surface area contributed by atoms with Gasteiger partial charge in [-0.3, -0.25) is 9.38 Å². The summed E-state index contributed by atoms with van der Waals surface area (Å²) in [5.74, 6) is 0. The Morgan fingerprint density at radius 1 is 1.11 bits per heavy atom. The molecule has 3 heterocycles. The molecular formula is C22H18N4S. The summed E-state index contributed by atoms with van der Waals surface area (Å²) in [5, 5.41) is 11.6. The number of fused-ring (bicyclic) bond motifs is 2. The number of rotatable bonds is 3. The van der Waals surface area contributed by atoms with Crippen LogP contribution in [0.3, 0.4) is 0 Å². The maximum absolute atomic E-state index is 9.46. The molecule has 0 bridgehead atoms. The number of thiazole rings is 1. The van der Waals surface area contributed by atoms with E-state index >= 15 is 0 Å². The lowest BCUT2D eigenvalue weighted by Gasteiger charge is -2.16. The molecule has 5 heteroatoms. The number of hydrogen-bond acceptors (Lipinski definition) is 4. The first-order valence-electron chi connectivity index (χ1n) is 9.23. The summed E-state index contributed by atoms with van der Waals surface area (Å²) < 4.78 is 2.12. The van der Waals surface area contributed by atoms with Crippen molar-refractivity contribution >= 4 is 16.3 Å². The van der Waals surface area contributed by atoms with Gasteiger partial charge in [0.05, 0.1) is 29.6 Å². The molecule has 4 aromatic rings. The lowest BCUT2D eigenvalue weighted by molar-refractivity contribution is 0.686. The average molecular weight is 370 g/mol. The summed E-state index contributed by atoms with van der Waals surface area (Å²) in [6.45, 7) is 0. The number of benzene rings is 1. The summed E-state index contributed by atoms with van der Waals surface area (Å²) in [7, 11) is 0. The van der Waals surface area contributed by atoms with Gasteiger partial charge in [0.2, 0.25) is 0 Å². The maximum atomic E-state index is 9.46. The van der Waals surface area contributed by atoms with Crippen LogP contribution in [0.5, 0.6) is 0 Å². The molecule has 0 saturated carbocycles. The van der Waals surface area contributed by atoms with Gasteiger partial charge < -0.3 is 0 Å². The normalized spacial score (nSPS) is 13.4. The SMILES string of the molecule is N#CCc1c(-c2ccc3c(c2)CCCC3)nc2scc(-c3cccnc3)n12. The topological polar surface area (TPSA) is 54.0 Å². The van der Waals surface area contributed by atoms with Crippen molar-refractivity contribution in [3.63, 3.8) is 0 Å². The second-order valence-corrected chi connectivity index (χ2v) is 7.75. The van der Waals surface area contributed by atoms with Crippen molar-refractivity contribution in [2.75, 3.05) is 0 Å². The Morgan fingerprint density at radius 3 is 2.81 bits per heavy atom. The third kappa shape index (κ3) is 2.73. The van der Waals surface area contributed by atoms with Gasteiger partial charge in [0, 0.05) is 28.9 Å². The molecule has 4 nitrogen and oxygen atoms in total. The van der Waals surface area contributed by atoms with E-state index in [1.54, 1.807) is 17.5 Å². The highest BCUT2D eigenvalue weighted by Crippen LogP contribution is 2.34. The number of pyridine rings is 1. The van der Waals surface area contributed by atoms with Gasteiger partial charge in [-0.2, -0.15) is 5.26 Å². The Balaban J connectivity index is 1.70. The van der Waals surface area contributed by atoms with Crippen LogP contribution in [0.15, 0.2) is 48.1 Å². The lowest BCUT2D eigenvalue weighted by atomic mass is 9.89. The Morgan fingerprint density at radius 2 is 2.00 bits per heavy atom. The Bertz CT molecular complexity index is 1160. The van der Waals surface area contributed by atoms with E-state index in [0.717, 1.165) is 39.6 Å². The van der Waals surface area contributed by atoms with Crippen LogP contribution in [0.25, 0.3) is 27.5 Å². The monoisotopic (exact) mass is 370 g/mol. The van der Waals surface area contributed by atoms with Gasteiger partial charge in [-0.1, -0.05) is 12.1 Å². The predicted octanol–water partition coefficient (Wildman–Crippen LogP) is 5.07. The molecular weight excluding hydrogens is 352 g/mol. The Kier molecular flexibility index (Phi) is 3.99. The van der Waals surface area contributed by atoms with E-state index in [4.69, 9.17) is 4.98 Å². The predicted molar refractivity (Wildman–Crippen MR) is 108 cm³/mol. The van der Waals surface area contributed by atoms with Gasteiger partial charge in [0.15, 0.2) is 4.96 Å². The molecule has 1 aliphatic rings. The maximum Gasteiger partial charge on any atom is 0.194 e. The average Bonchev–Trinajstić information content (AvgIpc) is 3.29. The van der Waals surface area contributed by atoms with Crippen molar-refractivity contribution < 1.29 is 0 Å². The van der Waals surface area contributed by atoms with E-state index in [1.807, 2.05) is 18.3 Å². The van der Waals surface area contributed by atoms with Crippen LogP contribution in [0, 0.1) is 11.3 Å². The fraction of sp³-hybridized carbons (Fsp3) is 0.227. The second-order valence-electron chi connectivity index (χ2n) is 6.91. The van der Waals surface area contributed by atoms with Crippen molar-refractivity contribution in [3.05, 3.63) is 64.9 Å². The van der Waals surface area contributed by atoms with Crippen LogP contribution in [0.2, 0.25) is 0 Å². The Hall–Kier alpha value is -2.97. The van der Waals surface area contributed by atoms with Crippen molar-refractivity contribution in [2.45, 2.75) is 32.1 Å². The van der Waals surface area contributed by atoms with E-state index in [2.05, 4.69) is 39.0 Å². The molecule has 0 radical (unpaired) electrons. The van der Waals surface area contributed by atoms with E-state index in [9.17, 15) is 5.26 Å². The van der Waals surface area contributed by atoms with Crippen LogP contribution in [-0.4, -0.2) is 14.4 Å². The van der Waals surface area contributed by atoms with Gasteiger partial charge >= 0.3 is 0 Å². The minimum absolute atomic E-state index is 0.331. The summed E-state index contributed by atoms with van der Waals surface area (Å²) in [6.07, 6.45) is 8.80. The molecule has 0 unspecified atom stereocenters. The highest BCUT2D eigenvalue weighted by atomic mass is 32.1. The molecule has 0 saturated heterocycles. The number of nitriles is 1. The molecule has 3 aromatic heterocycles. The van der Waals surface area contributed by atoms with E-state index < -0.39 is 0 Å². The minimum atomic E-state index is 0.331. The molecule has 1 aliphatic carbocycles. The zero-order valence-electron chi connectivity index (χ0n) is 14.9. The van der Waals surface area contributed by atoms with Crippen LogP contribution >= 0.6 is 11.3 Å². The number of imidazole rings is 1. The molecule has 27 heavy (non-hydrogen) atoms. The fourth-order valence-electron chi connectivity index (χ4n) is 3.98. The first-order chi connectivity index (χ1) is 13.3. The summed E-state index contributed by atoms with van der Waals surface area (Å²) in [4.78, 5) is 10.1. The zero-order chi connectivity index (χ0) is 18.2. The number of nitrogens with zero attached hydrogens (tertiary/aromatic N) is 4. The third-order valence-corrected chi connectivity index (χ3v) is 6.11. The summed E-state index contributed by atoms with van der Waals surface area (Å²) >= 11 is 1.61. The van der Waals surface area contributed by atoms with Gasteiger partial charge in [-0.25, -0.2) is 4.98 Å².